The first-order valence-corrected chi connectivity index (χ1v) is 5.84. The number of aryl methyl sites for hydroxylation is 1. The van der Waals surface area contributed by atoms with Crippen LogP contribution in [0.5, 0.6) is 0 Å². The molecule has 0 N–H and O–H groups in total. The minimum absolute atomic E-state index is 0.157. The smallest absolute Gasteiger partial charge is 0.168 e. The number of ether oxygens (including phenoxy) is 2. The monoisotopic (exact) mass is 226 g/mol. The zero-order chi connectivity index (χ0) is 11.3. The van der Waals surface area contributed by atoms with E-state index in [4.69, 9.17) is 9.47 Å². The van der Waals surface area contributed by atoms with Crippen LogP contribution in [0.2, 0.25) is 0 Å². The molecule has 0 aromatic heterocycles. The summed E-state index contributed by atoms with van der Waals surface area (Å²) in [7, 11) is 3.34. The van der Waals surface area contributed by atoms with Gasteiger partial charge in [0.15, 0.2) is 6.29 Å². The highest BCUT2D eigenvalue weighted by Crippen LogP contribution is 2.26. The van der Waals surface area contributed by atoms with Crippen LogP contribution in [0.4, 0.5) is 0 Å². The molecule has 0 radical (unpaired) electrons. The van der Waals surface area contributed by atoms with Gasteiger partial charge in [0.1, 0.15) is 0 Å². The van der Waals surface area contributed by atoms with Crippen LogP contribution >= 0.6 is 11.8 Å². The predicted octanol–water partition coefficient (Wildman–Crippen LogP) is 3.09. The van der Waals surface area contributed by atoms with E-state index in [-0.39, 0.29) is 11.5 Å². The van der Waals surface area contributed by atoms with Gasteiger partial charge in [0.05, 0.1) is 5.25 Å². The third-order valence-electron chi connectivity index (χ3n) is 2.16. The molecule has 0 aliphatic rings. The second kappa shape index (κ2) is 6.16. The summed E-state index contributed by atoms with van der Waals surface area (Å²) in [5.41, 5.74) is 1.28. The highest BCUT2D eigenvalue weighted by molar-refractivity contribution is 8.00. The molecule has 0 aliphatic carbocycles. The first kappa shape index (κ1) is 12.6. The molecule has 1 aromatic carbocycles. The van der Waals surface area contributed by atoms with Crippen molar-refractivity contribution in [1.29, 1.82) is 0 Å². The lowest BCUT2D eigenvalue weighted by atomic mass is 10.2. The SMILES string of the molecule is COC(OC)C(C)Sc1cccc(C)c1. The van der Waals surface area contributed by atoms with Crippen molar-refractivity contribution in [3.8, 4) is 0 Å². The lowest BCUT2D eigenvalue weighted by Gasteiger charge is -2.20. The van der Waals surface area contributed by atoms with Crippen LogP contribution in [0.25, 0.3) is 0 Å². The molecular formula is C12H18O2S. The molecule has 1 atom stereocenters. The normalized spacial score (nSPS) is 13.1. The average Bonchev–Trinajstić information content (AvgIpc) is 2.19. The van der Waals surface area contributed by atoms with Gasteiger partial charge in [0.25, 0.3) is 0 Å². The maximum atomic E-state index is 5.22. The van der Waals surface area contributed by atoms with Crippen LogP contribution in [0.15, 0.2) is 29.2 Å². The van der Waals surface area contributed by atoms with Crippen LogP contribution in [-0.2, 0) is 9.47 Å². The molecule has 0 bridgehead atoms. The summed E-state index contributed by atoms with van der Waals surface area (Å²) in [6, 6.07) is 8.44. The molecule has 0 saturated carbocycles. The van der Waals surface area contributed by atoms with E-state index in [2.05, 4.69) is 38.1 Å². The van der Waals surface area contributed by atoms with Crippen LogP contribution in [-0.4, -0.2) is 25.8 Å². The molecule has 0 spiro atoms. The van der Waals surface area contributed by atoms with E-state index < -0.39 is 0 Å². The molecular weight excluding hydrogens is 208 g/mol. The average molecular weight is 226 g/mol. The predicted molar refractivity (Wildman–Crippen MR) is 64.3 cm³/mol. The molecule has 1 unspecified atom stereocenters. The standard InChI is InChI=1S/C12H18O2S/c1-9-6-5-7-11(8-9)15-10(2)12(13-3)14-4/h5-8,10,12H,1-4H3. The minimum atomic E-state index is -0.157. The van der Waals surface area contributed by atoms with Crippen molar-refractivity contribution < 1.29 is 9.47 Å². The van der Waals surface area contributed by atoms with Gasteiger partial charge in [0.2, 0.25) is 0 Å². The summed E-state index contributed by atoms with van der Waals surface area (Å²) >= 11 is 1.76. The van der Waals surface area contributed by atoms with E-state index in [0.717, 1.165) is 0 Å². The van der Waals surface area contributed by atoms with Crippen LogP contribution < -0.4 is 0 Å². The number of thioether (sulfide) groups is 1. The zero-order valence-electron chi connectivity index (χ0n) is 9.69. The Morgan fingerprint density at radius 3 is 2.40 bits per heavy atom. The lowest BCUT2D eigenvalue weighted by Crippen LogP contribution is -2.24. The maximum Gasteiger partial charge on any atom is 0.168 e. The van der Waals surface area contributed by atoms with E-state index in [1.165, 1.54) is 10.5 Å². The number of benzene rings is 1. The quantitative estimate of drug-likeness (QED) is 0.568. The molecule has 0 aliphatic heterocycles. The van der Waals surface area contributed by atoms with E-state index >= 15 is 0 Å². The van der Waals surface area contributed by atoms with Gasteiger partial charge >= 0.3 is 0 Å². The Bertz CT molecular complexity index is 297. The number of methoxy groups -OCH3 is 2. The molecule has 0 fully saturated rings. The summed E-state index contributed by atoms with van der Waals surface area (Å²) in [5.74, 6) is 0. The highest BCUT2D eigenvalue weighted by Gasteiger charge is 2.16. The van der Waals surface area contributed by atoms with E-state index in [0.29, 0.717) is 0 Å². The third kappa shape index (κ3) is 3.86. The molecule has 1 aromatic rings. The van der Waals surface area contributed by atoms with Gasteiger partial charge < -0.3 is 9.47 Å². The summed E-state index contributed by atoms with van der Waals surface area (Å²) in [5, 5.41) is 0.279. The molecule has 2 nitrogen and oxygen atoms in total. The van der Waals surface area contributed by atoms with Crippen LogP contribution in [0, 0.1) is 6.92 Å². The minimum Gasteiger partial charge on any atom is -0.355 e. The third-order valence-corrected chi connectivity index (χ3v) is 3.28. The molecule has 3 heteroatoms. The fraction of sp³-hybridized carbons (Fsp3) is 0.500. The van der Waals surface area contributed by atoms with Crippen molar-refractivity contribution in [3.05, 3.63) is 29.8 Å². The highest BCUT2D eigenvalue weighted by atomic mass is 32.2. The van der Waals surface area contributed by atoms with Gasteiger partial charge in [0, 0.05) is 19.1 Å². The van der Waals surface area contributed by atoms with E-state index in [1.54, 1.807) is 26.0 Å². The topological polar surface area (TPSA) is 18.5 Å². The van der Waals surface area contributed by atoms with Crippen molar-refractivity contribution in [1.82, 2.24) is 0 Å². The second-order valence-electron chi connectivity index (χ2n) is 3.48. The van der Waals surface area contributed by atoms with Crippen LogP contribution in [0.1, 0.15) is 12.5 Å². The van der Waals surface area contributed by atoms with Crippen LogP contribution in [0.3, 0.4) is 0 Å². The molecule has 84 valence electrons. The van der Waals surface area contributed by atoms with Crippen molar-refractivity contribution in [2.24, 2.45) is 0 Å². The van der Waals surface area contributed by atoms with Crippen molar-refractivity contribution in [2.75, 3.05) is 14.2 Å². The first-order valence-electron chi connectivity index (χ1n) is 4.96. The largest absolute Gasteiger partial charge is 0.355 e. The van der Waals surface area contributed by atoms with Gasteiger partial charge in [-0.25, -0.2) is 0 Å². The van der Waals surface area contributed by atoms with Crippen molar-refractivity contribution in [2.45, 2.75) is 30.3 Å². The maximum absolute atomic E-state index is 5.22. The Hall–Kier alpha value is -0.510. The summed E-state index contributed by atoms with van der Waals surface area (Å²) < 4.78 is 10.4. The Morgan fingerprint density at radius 1 is 1.20 bits per heavy atom. The molecule has 15 heavy (non-hydrogen) atoms. The number of rotatable bonds is 5. The van der Waals surface area contributed by atoms with Gasteiger partial charge in [-0.05, 0) is 26.0 Å². The Morgan fingerprint density at radius 2 is 1.87 bits per heavy atom. The molecule has 0 saturated heterocycles. The summed E-state index contributed by atoms with van der Waals surface area (Å²) in [6.07, 6.45) is -0.157. The Balaban J connectivity index is 2.61. The fourth-order valence-corrected chi connectivity index (χ4v) is 2.61. The summed E-state index contributed by atoms with van der Waals surface area (Å²) in [6.45, 7) is 4.20. The van der Waals surface area contributed by atoms with Crippen molar-refractivity contribution in [3.63, 3.8) is 0 Å². The Labute approximate surface area is 96.0 Å². The number of hydrogen-bond acceptors (Lipinski definition) is 3. The van der Waals surface area contributed by atoms with Gasteiger partial charge in [-0.3, -0.25) is 0 Å². The molecule has 0 heterocycles. The zero-order valence-corrected chi connectivity index (χ0v) is 10.5. The fourth-order valence-electron chi connectivity index (χ4n) is 1.44. The van der Waals surface area contributed by atoms with E-state index in [9.17, 15) is 0 Å². The number of hydrogen-bond donors (Lipinski definition) is 0. The summed E-state index contributed by atoms with van der Waals surface area (Å²) in [4.78, 5) is 1.25. The van der Waals surface area contributed by atoms with Gasteiger partial charge in [-0.15, -0.1) is 11.8 Å². The molecule has 1 rings (SSSR count). The lowest BCUT2D eigenvalue weighted by molar-refractivity contribution is -0.0988. The first-order chi connectivity index (χ1) is 7.17. The Kier molecular flexibility index (Phi) is 5.15. The van der Waals surface area contributed by atoms with Crippen molar-refractivity contribution >= 4 is 11.8 Å². The van der Waals surface area contributed by atoms with E-state index in [1.807, 2.05) is 0 Å². The second-order valence-corrected chi connectivity index (χ2v) is 4.93. The van der Waals surface area contributed by atoms with Gasteiger partial charge in [-0.1, -0.05) is 17.7 Å². The molecule has 0 amide bonds. The van der Waals surface area contributed by atoms with Gasteiger partial charge in [-0.2, -0.15) is 0 Å².